The Morgan fingerprint density at radius 3 is 2.22 bits per heavy atom. The zero-order valence-corrected chi connectivity index (χ0v) is 29.3. The fraction of sp³-hybridized carbons (Fsp3) is 0.417. The van der Waals surface area contributed by atoms with Gasteiger partial charge in [0, 0.05) is 32.4 Å². The molecule has 0 spiro atoms. The van der Waals surface area contributed by atoms with Crippen LogP contribution in [0.25, 0.3) is 0 Å². The number of anilines is 3. The number of aliphatic hydroxyl groups excluding tert-OH is 1. The van der Waals surface area contributed by atoms with Crippen molar-refractivity contribution in [3.05, 3.63) is 77.9 Å². The summed E-state index contributed by atoms with van der Waals surface area (Å²) in [5.74, 6) is -1.02. The second-order valence-electron chi connectivity index (χ2n) is 12.6. The highest BCUT2D eigenvalue weighted by Gasteiger charge is 2.36. The molecule has 1 heterocycles. The van der Waals surface area contributed by atoms with Gasteiger partial charge in [0.25, 0.3) is 5.91 Å². The highest BCUT2D eigenvalue weighted by molar-refractivity contribution is 7.89. The van der Waals surface area contributed by atoms with Crippen LogP contribution in [0.3, 0.4) is 0 Å². The molecule has 0 bridgehead atoms. The Hall–Kier alpha value is -4.46. The molecule has 0 saturated carbocycles. The molecule has 3 aromatic rings. The highest BCUT2D eigenvalue weighted by Crippen LogP contribution is 2.35. The maximum absolute atomic E-state index is 13.8. The van der Waals surface area contributed by atoms with Crippen molar-refractivity contribution >= 4 is 44.8 Å². The summed E-state index contributed by atoms with van der Waals surface area (Å²) in [6.07, 6.45) is 1.51. The molecule has 49 heavy (non-hydrogen) atoms. The molecule has 3 aromatic carbocycles. The van der Waals surface area contributed by atoms with Gasteiger partial charge in [-0.1, -0.05) is 49.2 Å². The minimum Gasteiger partial charge on any atom is -0.486 e. The van der Waals surface area contributed by atoms with Crippen LogP contribution in [0.15, 0.2) is 71.6 Å². The van der Waals surface area contributed by atoms with E-state index in [9.17, 15) is 27.9 Å². The van der Waals surface area contributed by atoms with Crippen LogP contribution in [0, 0.1) is 12.8 Å². The summed E-state index contributed by atoms with van der Waals surface area (Å²) in [7, 11) is -2.37. The van der Waals surface area contributed by atoms with Gasteiger partial charge in [-0.2, -0.15) is 4.31 Å². The number of hydrogen-bond acceptors (Lipinski definition) is 8. The normalized spacial score (nSPS) is 17.0. The number of nitrogens with one attached hydrogen (secondary N) is 2. The molecule has 12 nitrogen and oxygen atoms in total. The van der Waals surface area contributed by atoms with Crippen molar-refractivity contribution in [2.75, 3.05) is 43.1 Å². The lowest BCUT2D eigenvalue weighted by Crippen LogP contribution is -2.50. The number of nitrogens with zero attached hydrogens (tertiary/aromatic N) is 2. The first-order chi connectivity index (χ1) is 23.3. The quantitative estimate of drug-likeness (QED) is 0.140. The molecule has 4 rings (SSSR count). The first kappa shape index (κ1) is 37.4. The summed E-state index contributed by atoms with van der Waals surface area (Å²) in [5.41, 5.74) is 8.36. The number of aliphatic hydroxyl groups is 1. The van der Waals surface area contributed by atoms with Crippen LogP contribution in [0.1, 0.15) is 61.9 Å². The van der Waals surface area contributed by atoms with Gasteiger partial charge in [0.15, 0.2) is 5.75 Å². The van der Waals surface area contributed by atoms with Gasteiger partial charge in [0.05, 0.1) is 46.7 Å². The average molecular weight is 694 g/mol. The van der Waals surface area contributed by atoms with Crippen molar-refractivity contribution in [3.63, 3.8) is 0 Å². The van der Waals surface area contributed by atoms with Gasteiger partial charge < -0.3 is 31.1 Å². The lowest BCUT2D eigenvalue weighted by Gasteiger charge is -2.38. The van der Waals surface area contributed by atoms with Crippen molar-refractivity contribution in [1.82, 2.24) is 9.21 Å². The highest BCUT2D eigenvalue weighted by atomic mass is 32.2. The summed E-state index contributed by atoms with van der Waals surface area (Å²) < 4.78 is 34.7. The maximum Gasteiger partial charge on any atom is 0.258 e. The molecule has 3 amide bonds. The number of ether oxygens (including phenoxy) is 1. The number of benzene rings is 3. The number of amides is 3. The molecule has 5 N–H and O–H groups in total. The van der Waals surface area contributed by atoms with Crippen molar-refractivity contribution in [1.29, 1.82) is 0 Å². The molecular weight excluding hydrogens is 646 g/mol. The predicted octanol–water partition coefficient (Wildman–Crippen LogP) is 4.65. The fourth-order valence-electron chi connectivity index (χ4n) is 5.59. The first-order valence-electron chi connectivity index (χ1n) is 16.5. The van der Waals surface area contributed by atoms with E-state index in [1.165, 1.54) is 11.4 Å². The number of hydrogen-bond donors (Lipinski definition) is 4. The number of para-hydroxylation sites is 3. The van der Waals surface area contributed by atoms with E-state index in [1.54, 1.807) is 78.6 Å². The third kappa shape index (κ3) is 9.58. The van der Waals surface area contributed by atoms with Crippen LogP contribution < -0.4 is 21.1 Å². The van der Waals surface area contributed by atoms with Gasteiger partial charge in [0.1, 0.15) is 6.10 Å². The van der Waals surface area contributed by atoms with E-state index in [0.29, 0.717) is 30.6 Å². The molecule has 264 valence electrons. The number of nitrogens with two attached hydrogens (primary N) is 1. The average Bonchev–Trinajstić information content (AvgIpc) is 3.07. The second kappa shape index (κ2) is 16.8. The van der Waals surface area contributed by atoms with Gasteiger partial charge in [-0.3, -0.25) is 14.4 Å². The summed E-state index contributed by atoms with van der Waals surface area (Å²) >= 11 is 0. The largest absolute Gasteiger partial charge is 0.486 e. The molecule has 0 aromatic heterocycles. The number of carbonyl (C=O) groups is 3. The smallest absolute Gasteiger partial charge is 0.258 e. The van der Waals surface area contributed by atoms with E-state index in [2.05, 4.69) is 10.6 Å². The van der Waals surface area contributed by atoms with Gasteiger partial charge in [-0.25, -0.2) is 8.42 Å². The number of unbranched alkanes of at least 4 members (excludes halogenated alkanes) is 2. The molecule has 0 radical (unpaired) electrons. The number of rotatable bonds is 14. The van der Waals surface area contributed by atoms with Crippen LogP contribution in [0.2, 0.25) is 0 Å². The minimum atomic E-state index is -3.86. The monoisotopic (exact) mass is 693 g/mol. The molecular formula is C36H47N5O7S. The number of sulfonamides is 1. The van der Waals surface area contributed by atoms with E-state index >= 15 is 0 Å². The first-order valence-corrected chi connectivity index (χ1v) is 17.9. The topological polar surface area (TPSA) is 171 Å². The standard InChI is InChI=1S/C36H47N5O7S/c1-24-17-19-27(20-18-24)49(46,47)40(4)22-32-25(2)21-41(26(3)23-42)36(45)28-11-10-14-31(35(28)48-32)39-34(44)16-7-5-6-15-33(43)38-30-13-9-8-12-29(30)37/h8-14,17-20,25-26,32,42H,5-7,15-16,21-23,37H2,1-4H3,(H,38,43)(H,39,44)/t25-,26-,32-/m1/s1. The minimum absolute atomic E-state index is 0.0287. The predicted molar refractivity (Wildman–Crippen MR) is 190 cm³/mol. The van der Waals surface area contributed by atoms with Crippen molar-refractivity contribution in [2.24, 2.45) is 5.92 Å². The molecule has 3 atom stereocenters. The lowest BCUT2D eigenvalue weighted by molar-refractivity contribution is -0.116. The number of aryl methyl sites for hydroxylation is 1. The summed E-state index contributed by atoms with van der Waals surface area (Å²) in [5, 5.41) is 15.6. The van der Waals surface area contributed by atoms with Gasteiger partial charge in [-0.15, -0.1) is 0 Å². The van der Waals surface area contributed by atoms with Crippen LogP contribution in [-0.2, 0) is 19.6 Å². The van der Waals surface area contributed by atoms with Crippen molar-refractivity contribution < 1.29 is 32.6 Å². The molecule has 1 aliphatic heterocycles. The number of carbonyl (C=O) groups excluding carboxylic acids is 3. The van der Waals surface area contributed by atoms with E-state index in [4.69, 9.17) is 10.5 Å². The molecule has 0 unspecified atom stereocenters. The number of fused-ring (bicyclic) bond motifs is 1. The molecule has 0 saturated heterocycles. The molecule has 0 aliphatic carbocycles. The summed E-state index contributed by atoms with van der Waals surface area (Å²) in [6.45, 7) is 5.41. The van der Waals surface area contributed by atoms with Crippen LogP contribution in [0.5, 0.6) is 5.75 Å². The fourth-order valence-corrected chi connectivity index (χ4v) is 6.77. The van der Waals surface area contributed by atoms with E-state index in [1.807, 2.05) is 13.8 Å². The van der Waals surface area contributed by atoms with Crippen LogP contribution >= 0.6 is 0 Å². The summed E-state index contributed by atoms with van der Waals surface area (Å²) in [6, 6.07) is 18.0. The van der Waals surface area contributed by atoms with E-state index < -0.39 is 22.2 Å². The SMILES string of the molecule is Cc1ccc(S(=O)(=O)N(C)C[C@H]2Oc3c(NC(=O)CCCCCC(=O)Nc4ccccc4N)cccc3C(=O)N([C@H](C)CO)C[C@H]2C)cc1. The molecule has 13 heteroatoms. The third-order valence-corrected chi connectivity index (χ3v) is 10.5. The number of likely N-dealkylation sites (N-methyl/N-ethyl adjacent to an activating group) is 1. The van der Waals surface area contributed by atoms with Gasteiger partial charge >= 0.3 is 0 Å². The Bertz CT molecular complexity index is 1730. The Labute approximate surface area is 288 Å². The van der Waals surface area contributed by atoms with Crippen LogP contribution in [-0.4, -0.2) is 79.3 Å². The Morgan fingerprint density at radius 1 is 0.980 bits per heavy atom. The molecule has 1 aliphatic rings. The summed E-state index contributed by atoms with van der Waals surface area (Å²) in [4.78, 5) is 40.9. The van der Waals surface area contributed by atoms with E-state index in [0.717, 1.165) is 5.56 Å². The Kier molecular flexibility index (Phi) is 12.8. The molecule has 0 fully saturated rings. The zero-order chi connectivity index (χ0) is 35.7. The zero-order valence-electron chi connectivity index (χ0n) is 28.5. The maximum atomic E-state index is 13.8. The van der Waals surface area contributed by atoms with Gasteiger partial charge in [0.2, 0.25) is 21.8 Å². The number of nitrogen functional groups attached to an aromatic ring is 1. The third-order valence-electron chi connectivity index (χ3n) is 8.67. The Morgan fingerprint density at radius 2 is 1.59 bits per heavy atom. The van der Waals surface area contributed by atoms with E-state index in [-0.39, 0.29) is 78.1 Å². The van der Waals surface area contributed by atoms with Crippen molar-refractivity contribution in [3.8, 4) is 5.75 Å². The second-order valence-corrected chi connectivity index (χ2v) is 14.7. The lowest BCUT2D eigenvalue weighted by atomic mass is 9.99. The Balaban J connectivity index is 1.46. The van der Waals surface area contributed by atoms with Crippen LogP contribution in [0.4, 0.5) is 17.1 Å². The van der Waals surface area contributed by atoms with Gasteiger partial charge in [-0.05, 0) is 63.1 Å². The van der Waals surface area contributed by atoms with Crippen molar-refractivity contribution in [2.45, 2.75) is 69.9 Å².